The number of aromatic amines is 1. The molecule has 8 heteroatoms. The molecule has 0 aliphatic carbocycles. The maximum absolute atomic E-state index is 5.83. The molecule has 3 aromatic heterocycles. The molecule has 0 aliphatic heterocycles. The number of hydrogen-bond donors (Lipinski definition) is 1. The second-order valence-electron chi connectivity index (χ2n) is 7.68. The first-order chi connectivity index (χ1) is 15.8. The predicted molar refractivity (Wildman–Crippen MR) is 137 cm³/mol. The molecule has 1 N–H and O–H groups in total. The van der Waals surface area contributed by atoms with Crippen molar-refractivity contribution in [2.24, 2.45) is 14.1 Å². The summed E-state index contributed by atoms with van der Waals surface area (Å²) in [6, 6.07) is 19.4. The minimum Gasteiger partial charge on any atom is -0.342 e. The van der Waals surface area contributed by atoms with Crippen molar-refractivity contribution in [3.63, 3.8) is 0 Å². The molecule has 6 rings (SSSR count). The van der Waals surface area contributed by atoms with Crippen LogP contribution >= 0.6 is 23.2 Å². The molecule has 0 saturated heterocycles. The van der Waals surface area contributed by atoms with Crippen molar-refractivity contribution in [1.29, 1.82) is 0 Å². The summed E-state index contributed by atoms with van der Waals surface area (Å²) in [5, 5.41) is 1.49. The lowest BCUT2D eigenvalue weighted by Gasteiger charge is -1.95. The molecular weight excluding hydrogens is 455 g/mol. The Morgan fingerprint density at radius 1 is 0.758 bits per heavy atom. The van der Waals surface area contributed by atoms with E-state index in [1.807, 2.05) is 97.7 Å². The largest absolute Gasteiger partial charge is 0.342 e. The molecule has 0 bridgehead atoms. The van der Waals surface area contributed by atoms with Crippen LogP contribution in [0.2, 0.25) is 10.0 Å². The van der Waals surface area contributed by atoms with Crippen molar-refractivity contribution in [1.82, 2.24) is 29.1 Å². The highest BCUT2D eigenvalue weighted by Gasteiger charge is 2.03. The van der Waals surface area contributed by atoms with Crippen molar-refractivity contribution in [2.45, 2.75) is 13.8 Å². The molecule has 3 heterocycles. The van der Waals surface area contributed by atoms with Gasteiger partial charge in [0.1, 0.15) is 11.6 Å². The van der Waals surface area contributed by atoms with Gasteiger partial charge in [0, 0.05) is 24.1 Å². The SMILES string of the molecule is Cc1nc2cc(Cl)ccc2n1C.Cc1nc2ccccc2[nH]1.Cn1cnc2ccc(Cl)cc21. The first-order valence-electron chi connectivity index (χ1n) is 10.4. The lowest BCUT2D eigenvalue weighted by atomic mass is 10.3. The Morgan fingerprint density at radius 3 is 2.27 bits per heavy atom. The Hall–Kier alpha value is -3.35. The van der Waals surface area contributed by atoms with E-state index in [1.165, 1.54) is 0 Å². The number of aryl methyl sites for hydroxylation is 4. The van der Waals surface area contributed by atoms with Crippen LogP contribution in [0.15, 0.2) is 67.0 Å². The molecule has 0 unspecified atom stereocenters. The topological polar surface area (TPSA) is 64.3 Å². The van der Waals surface area contributed by atoms with Crippen LogP contribution in [-0.4, -0.2) is 29.1 Å². The summed E-state index contributed by atoms with van der Waals surface area (Å²) in [5.41, 5.74) is 6.29. The van der Waals surface area contributed by atoms with Crippen LogP contribution in [0, 0.1) is 13.8 Å². The number of nitrogens with zero attached hydrogens (tertiary/aromatic N) is 5. The molecule has 0 aliphatic rings. The zero-order valence-electron chi connectivity index (χ0n) is 18.8. The molecule has 6 aromatic rings. The van der Waals surface area contributed by atoms with Crippen LogP contribution in [0.1, 0.15) is 11.6 Å². The number of nitrogens with one attached hydrogen (secondary N) is 1. The Kier molecular flexibility index (Phi) is 6.67. The van der Waals surface area contributed by atoms with Gasteiger partial charge < -0.3 is 14.1 Å². The summed E-state index contributed by atoms with van der Waals surface area (Å²) in [6.07, 6.45) is 1.78. The zero-order valence-corrected chi connectivity index (χ0v) is 20.4. The van der Waals surface area contributed by atoms with E-state index in [0.717, 1.165) is 54.8 Å². The van der Waals surface area contributed by atoms with Crippen LogP contribution in [0.25, 0.3) is 33.1 Å². The van der Waals surface area contributed by atoms with Gasteiger partial charge in [0.05, 0.1) is 39.4 Å². The molecule has 0 atom stereocenters. The van der Waals surface area contributed by atoms with E-state index in [1.54, 1.807) is 6.33 Å². The van der Waals surface area contributed by atoms with Gasteiger partial charge >= 0.3 is 0 Å². The molecule has 3 aromatic carbocycles. The lowest BCUT2D eigenvalue weighted by Crippen LogP contribution is -1.89. The van der Waals surface area contributed by atoms with Crippen LogP contribution < -0.4 is 0 Å². The summed E-state index contributed by atoms with van der Waals surface area (Å²) in [7, 11) is 3.95. The van der Waals surface area contributed by atoms with Crippen molar-refractivity contribution in [3.8, 4) is 0 Å². The van der Waals surface area contributed by atoms with Gasteiger partial charge in [-0.15, -0.1) is 0 Å². The van der Waals surface area contributed by atoms with Crippen molar-refractivity contribution >= 4 is 56.3 Å². The second kappa shape index (κ2) is 9.65. The van der Waals surface area contributed by atoms with E-state index in [-0.39, 0.29) is 0 Å². The Morgan fingerprint density at radius 2 is 1.48 bits per heavy atom. The third kappa shape index (κ3) is 5.18. The van der Waals surface area contributed by atoms with Gasteiger partial charge in [-0.2, -0.15) is 0 Å². The first kappa shape index (κ1) is 22.8. The average Bonchev–Trinajstić information content (AvgIpc) is 3.43. The number of rotatable bonds is 0. The van der Waals surface area contributed by atoms with Crippen molar-refractivity contribution in [3.05, 3.63) is 88.7 Å². The Balaban J connectivity index is 0.000000118. The van der Waals surface area contributed by atoms with Crippen LogP contribution in [0.4, 0.5) is 0 Å². The average molecular weight is 479 g/mol. The minimum absolute atomic E-state index is 0.737. The highest BCUT2D eigenvalue weighted by molar-refractivity contribution is 6.31. The molecule has 0 spiro atoms. The highest BCUT2D eigenvalue weighted by Crippen LogP contribution is 2.19. The lowest BCUT2D eigenvalue weighted by molar-refractivity contribution is 0.886. The van der Waals surface area contributed by atoms with Gasteiger partial charge in [-0.3, -0.25) is 0 Å². The molecule has 6 nitrogen and oxygen atoms in total. The molecule has 0 radical (unpaired) electrons. The third-order valence-corrected chi connectivity index (χ3v) is 5.73. The number of imidazole rings is 3. The number of H-pyrrole nitrogens is 1. The third-order valence-electron chi connectivity index (χ3n) is 5.26. The van der Waals surface area contributed by atoms with E-state index in [0.29, 0.717) is 0 Å². The summed E-state index contributed by atoms with van der Waals surface area (Å²) in [5.74, 6) is 1.98. The number of halogens is 2. The molecule has 0 saturated carbocycles. The van der Waals surface area contributed by atoms with E-state index in [4.69, 9.17) is 23.2 Å². The number of benzene rings is 3. The summed E-state index contributed by atoms with van der Waals surface area (Å²) in [6.45, 7) is 3.94. The smallest absolute Gasteiger partial charge is 0.106 e. The molecule has 0 fully saturated rings. The quantitative estimate of drug-likeness (QED) is 0.266. The number of hydrogen-bond acceptors (Lipinski definition) is 3. The fraction of sp³-hybridized carbons (Fsp3) is 0.160. The fourth-order valence-electron chi connectivity index (χ4n) is 3.47. The maximum atomic E-state index is 5.83. The van der Waals surface area contributed by atoms with Gasteiger partial charge in [-0.25, -0.2) is 15.0 Å². The fourth-order valence-corrected chi connectivity index (χ4v) is 3.81. The standard InChI is InChI=1S/C9H9ClN2.C8H7ClN2.C8H8N2/c1-6-11-8-5-7(10)3-4-9(8)12(6)2;1-11-5-10-7-3-2-6(9)4-8(7)11;1-6-9-7-4-2-3-5-8(7)10-6/h3-5H,1-2H3;2-5H,1H3;2-5H,1H3,(H,9,10). The Bertz CT molecular complexity index is 1510. The van der Waals surface area contributed by atoms with Crippen molar-refractivity contribution < 1.29 is 0 Å². The highest BCUT2D eigenvalue weighted by atomic mass is 35.5. The van der Waals surface area contributed by atoms with Gasteiger partial charge in [0.15, 0.2) is 0 Å². The van der Waals surface area contributed by atoms with Crippen molar-refractivity contribution in [2.75, 3.05) is 0 Å². The molecule has 33 heavy (non-hydrogen) atoms. The maximum Gasteiger partial charge on any atom is 0.106 e. The summed E-state index contributed by atoms with van der Waals surface area (Å²) in [4.78, 5) is 15.9. The van der Waals surface area contributed by atoms with E-state index in [2.05, 4.69) is 19.9 Å². The van der Waals surface area contributed by atoms with E-state index >= 15 is 0 Å². The van der Waals surface area contributed by atoms with Crippen LogP contribution in [0.5, 0.6) is 0 Å². The second-order valence-corrected chi connectivity index (χ2v) is 8.55. The zero-order chi connectivity index (χ0) is 23.5. The van der Waals surface area contributed by atoms with Gasteiger partial charge in [0.2, 0.25) is 0 Å². The summed E-state index contributed by atoms with van der Waals surface area (Å²) >= 11 is 11.6. The molecule has 0 amide bonds. The van der Waals surface area contributed by atoms with Crippen LogP contribution in [0.3, 0.4) is 0 Å². The monoisotopic (exact) mass is 478 g/mol. The normalized spacial score (nSPS) is 10.7. The molecular formula is C25H24Cl2N6. The first-order valence-corrected chi connectivity index (χ1v) is 11.1. The van der Waals surface area contributed by atoms with E-state index in [9.17, 15) is 0 Å². The van der Waals surface area contributed by atoms with Crippen LogP contribution in [-0.2, 0) is 14.1 Å². The van der Waals surface area contributed by atoms with Gasteiger partial charge in [-0.05, 0) is 62.4 Å². The van der Waals surface area contributed by atoms with E-state index < -0.39 is 0 Å². The number of para-hydroxylation sites is 2. The summed E-state index contributed by atoms with van der Waals surface area (Å²) < 4.78 is 3.99. The minimum atomic E-state index is 0.737. The number of aromatic nitrogens is 6. The van der Waals surface area contributed by atoms with Gasteiger partial charge in [-0.1, -0.05) is 35.3 Å². The Labute approximate surface area is 201 Å². The van der Waals surface area contributed by atoms with Gasteiger partial charge in [0.25, 0.3) is 0 Å². The molecule has 168 valence electrons. The predicted octanol–water partition coefficient (Wildman–Crippen LogP) is 6.63. The number of fused-ring (bicyclic) bond motifs is 3.